The van der Waals surface area contributed by atoms with Crippen molar-refractivity contribution in [1.82, 2.24) is 9.97 Å². The molecule has 0 saturated carbocycles. The van der Waals surface area contributed by atoms with Gasteiger partial charge in [0.25, 0.3) is 0 Å². The summed E-state index contributed by atoms with van der Waals surface area (Å²) in [5, 5.41) is 0. The van der Waals surface area contributed by atoms with Gasteiger partial charge in [-0.05, 0) is 15.9 Å². The zero-order valence-electron chi connectivity index (χ0n) is 10.6. The van der Waals surface area contributed by atoms with Gasteiger partial charge in [0.2, 0.25) is 0 Å². The van der Waals surface area contributed by atoms with E-state index in [0.717, 1.165) is 5.69 Å². The van der Waals surface area contributed by atoms with Crippen LogP contribution in [0.25, 0.3) is 0 Å². The van der Waals surface area contributed by atoms with E-state index in [-0.39, 0.29) is 0 Å². The Morgan fingerprint density at radius 3 is 2.56 bits per heavy atom. The molecular formula is C11H18BrN3O3. The van der Waals surface area contributed by atoms with Crippen LogP contribution in [0.4, 0.5) is 5.82 Å². The summed E-state index contributed by atoms with van der Waals surface area (Å²) in [6.45, 7) is 2.08. The topological polar surface area (TPSA) is 79.5 Å². The maximum Gasteiger partial charge on any atom is 0.141 e. The van der Waals surface area contributed by atoms with Gasteiger partial charge in [0.05, 0.1) is 36.6 Å². The first-order chi connectivity index (χ1) is 8.69. The third-order valence-corrected chi connectivity index (χ3v) is 3.04. The first-order valence-corrected chi connectivity index (χ1v) is 6.34. The number of methoxy groups -OCH3 is 2. The second kappa shape index (κ2) is 8.36. The van der Waals surface area contributed by atoms with Crippen LogP contribution in [0.1, 0.15) is 11.5 Å². The summed E-state index contributed by atoms with van der Waals surface area (Å²) in [6.07, 6.45) is 0.609. The van der Waals surface area contributed by atoms with Crippen molar-refractivity contribution in [3.63, 3.8) is 0 Å². The number of hydrogen-bond donors (Lipinski definition) is 1. The number of aromatic nitrogens is 2. The minimum Gasteiger partial charge on any atom is -0.383 e. The molecule has 0 aromatic carbocycles. The van der Waals surface area contributed by atoms with Gasteiger partial charge in [-0.2, -0.15) is 0 Å². The molecule has 1 aromatic heterocycles. The van der Waals surface area contributed by atoms with Gasteiger partial charge in [-0.25, -0.2) is 9.97 Å². The molecule has 0 aliphatic carbocycles. The predicted molar refractivity (Wildman–Crippen MR) is 71.3 cm³/mol. The van der Waals surface area contributed by atoms with Gasteiger partial charge < -0.3 is 19.9 Å². The summed E-state index contributed by atoms with van der Waals surface area (Å²) in [6, 6.07) is 0. The molecule has 6 nitrogen and oxygen atoms in total. The molecule has 2 N–H and O–H groups in total. The fourth-order valence-electron chi connectivity index (χ4n) is 1.32. The molecule has 7 heteroatoms. The largest absolute Gasteiger partial charge is 0.383 e. The summed E-state index contributed by atoms with van der Waals surface area (Å²) in [4.78, 5) is 8.55. The molecule has 0 atom stereocenters. The highest BCUT2D eigenvalue weighted by Crippen LogP contribution is 2.21. The van der Waals surface area contributed by atoms with Crippen molar-refractivity contribution in [1.29, 1.82) is 0 Å². The van der Waals surface area contributed by atoms with Gasteiger partial charge in [0.15, 0.2) is 0 Å². The molecule has 0 aliphatic heterocycles. The number of ether oxygens (including phenoxy) is 3. The predicted octanol–water partition coefficient (Wildman–Crippen LogP) is 1.17. The molecule has 0 fully saturated rings. The zero-order valence-corrected chi connectivity index (χ0v) is 12.2. The Morgan fingerprint density at radius 1 is 1.11 bits per heavy atom. The molecule has 1 rings (SSSR count). The number of nitrogen functional groups attached to an aromatic ring is 1. The molecule has 0 bridgehead atoms. The Hall–Kier alpha value is -0.760. The second-order valence-electron chi connectivity index (χ2n) is 3.57. The summed E-state index contributed by atoms with van der Waals surface area (Å²) < 4.78 is 16.0. The zero-order chi connectivity index (χ0) is 13.4. The standard InChI is InChI=1S/C11H18BrN3O3/c1-16-5-6-18-4-3-9-14-8(7-17-2)10(12)11(13)15-9/h3-7H2,1-2H3,(H2,13,14,15). The smallest absolute Gasteiger partial charge is 0.141 e. The number of rotatable bonds is 8. The van der Waals surface area contributed by atoms with E-state index in [2.05, 4.69) is 25.9 Å². The monoisotopic (exact) mass is 319 g/mol. The van der Waals surface area contributed by atoms with Crippen molar-refractivity contribution >= 4 is 21.7 Å². The highest BCUT2D eigenvalue weighted by atomic mass is 79.9. The van der Waals surface area contributed by atoms with Gasteiger partial charge in [0, 0.05) is 20.6 Å². The van der Waals surface area contributed by atoms with Crippen molar-refractivity contribution in [2.75, 3.05) is 39.8 Å². The molecule has 0 saturated heterocycles. The van der Waals surface area contributed by atoms with Crippen molar-refractivity contribution in [3.05, 3.63) is 16.0 Å². The lowest BCUT2D eigenvalue weighted by molar-refractivity contribution is 0.0716. The molecule has 0 radical (unpaired) electrons. The minimum absolute atomic E-state index is 0.394. The van der Waals surface area contributed by atoms with Gasteiger partial charge >= 0.3 is 0 Å². The van der Waals surface area contributed by atoms with E-state index in [1.807, 2.05) is 0 Å². The highest BCUT2D eigenvalue weighted by molar-refractivity contribution is 9.10. The van der Waals surface area contributed by atoms with E-state index < -0.39 is 0 Å². The van der Waals surface area contributed by atoms with Crippen LogP contribution in [0.15, 0.2) is 4.47 Å². The average Bonchev–Trinajstić information content (AvgIpc) is 2.35. The molecule has 18 heavy (non-hydrogen) atoms. The van der Waals surface area contributed by atoms with Crippen LogP contribution < -0.4 is 5.73 Å². The number of nitrogens with two attached hydrogens (primary N) is 1. The maximum atomic E-state index is 5.79. The number of nitrogens with zero attached hydrogens (tertiary/aromatic N) is 2. The maximum absolute atomic E-state index is 5.79. The van der Waals surface area contributed by atoms with Crippen LogP contribution in [0.2, 0.25) is 0 Å². The first-order valence-electron chi connectivity index (χ1n) is 5.55. The summed E-state index contributed by atoms with van der Waals surface area (Å²) in [5.41, 5.74) is 6.54. The molecule has 0 spiro atoms. The lowest BCUT2D eigenvalue weighted by atomic mass is 10.3. The Kier molecular flexibility index (Phi) is 7.11. The van der Waals surface area contributed by atoms with Gasteiger partial charge in [-0.1, -0.05) is 0 Å². The highest BCUT2D eigenvalue weighted by Gasteiger charge is 2.09. The quantitative estimate of drug-likeness (QED) is 0.725. The normalized spacial score (nSPS) is 10.8. The van der Waals surface area contributed by atoms with Crippen molar-refractivity contribution in [2.24, 2.45) is 0 Å². The Morgan fingerprint density at radius 2 is 1.89 bits per heavy atom. The summed E-state index contributed by atoms with van der Waals surface area (Å²) in [5.74, 6) is 1.07. The lowest BCUT2D eigenvalue weighted by Crippen LogP contribution is -2.10. The van der Waals surface area contributed by atoms with Crippen molar-refractivity contribution in [2.45, 2.75) is 13.0 Å². The van der Waals surface area contributed by atoms with Crippen LogP contribution >= 0.6 is 15.9 Å². The second-order valence-corrected chi connectivity index (χ2v) is 4.37. The van der Waals surface area contributed by atoms with E-state index >= 15 is 0 Å². The molecule has 0 unspecified atom stereocenters. The number of anilines is 1. The molecule has 0 aliphatic rings. The molecular weight excluding hydrogens is 302 g/mol. The fraction of sp³-hybridized carbons (Fsp3) is 0.636. The Balaban J connectivity index is 2.55. The lowest BCUT2D eigenvalue weighted by Gasteiger charge is -2.08. The van der Waals surface area contributed by atoms with Gasteiger partial charge in [-0.3, -0.25) is 0 Å². The third kappa shape index (κ3) is 4.85. The molecule has 0 amide bonds. The van der Waals surface area contributed by atoms with E-state index in [9.17, 15) is 0 Å². The van der Waals surface area contributed by atoms with Gasteiger partial charge in [0.1, 0.15) is 11.6 Å². The van der Waals surface area contributed by atoms with E-state index in [1.54, 1.807) is 14.2 Å². The van der Waals surface area contributed by atoms with Crippen LogP contribution in [0, 0.1) is 0 Å². The fourth-order valence-corrected chi connectivity index (χ4v) is 1.61. The summed E-state index contributed by atoms with van der Waals surface area (Å²) >= 11 is 3.34. The van der Waals surface area contributed by atoms with Crippen molar-refractivity contribution < 1.29 is 14.2 Å². The van der Waals surface area contributed by atoms with Crippen LogP contribution in [-0.2, 0) is 27.2 Å². The van der Waals surface area contributed by atoms with Crippen molar-refractivity contribution in [3.8, 4) is 0 Å². The Bertz CT molecular complexity index is 377. The van der Waals surface area contributed by atoms with Crippen LogP contribution in [0.5, 0.6) is 0 Å². The van der Waals surface area contributed by atoms with Crippen LogP contribution in [-0.4, -0.2) is 44.0 Å². The SMILES string of the molecule is COCCOCCc1nc(N)c(Br)c(COC)n1. The first kappa shape index (κ1) is 15.3. The summed E-state index contributed by atoms with van der Waals surface area (Å²) in [7, 11) is 3.25. The molecule has 1 heterocycles. The molecule has 1 aromatic rings. The third-order valence-electron chi connectivity index (χ3n) is 2.17. The van der Waals surface area contributed by atoms with Crippen LogP contribution in [0.3, 0.4) is 0 Å². The number of hydrogen-bond acceptors (Lipinski definition) is 6. The van der Waals surface area contributed by atoms with Gasteiger partial charge in [-0.15, -0.1) is 0 Å². The average molecular weight is 320 g/mol. The Labute approximate surface area is 115 Å². The number of halogens is 1. The van der Waals surface area contributed by atoms with E-state index in [0.29, 0.717) is 49.0 Å². The van der Waals surface area contributed by atoms with E-state index in [4.69, 9.17) is 19.9 Å². The minimum atomic E-state index is 0.394. The molecule has 102 valence electrons. The van der Waals surface area contributed by atoms with E-state index in [1.165, 1.54) is 0 Å².